The number of rotatable bonds is 7. The predicted octanol–water partition coefficient (Wildman–Crippen LogP) is 3.35. The van der Waals surface area contributed by atoms with Gasteiger partial charge >= 0.3 is 0 Å². The van der Waals surface area contributed by atoms with Gasteiger partial charge in [-0.3, -0.25) is 0 Å². The predicted molar refractivity (Wildman–Crippen MR) is 71.6 cm³/mol. The summed E-state index contributed by atoms with van der Waals surface area (Å²) in [6, 6.07) is 8.26. The molecule has 1 unspecified atom stereocenters. The van der Waals surface area contributed by atoms with E-state index in [-0.39, 0.29) is 0 Å². The third-order valence-electron chi connectivity index (χ3n) is 2.42. The summed E-state index contributed by atoms with van der Waals surface area (Å²) in [4.78, 5) is 0. The van der Waals surface area contributed by atoms with Gasteiger partial charge in [-0.1, -0.05) is 41.4 Å². The van der Waals surface area contributed by atoms with Crippen LogP contribution >= 0.6 is 15.9 Å². The van der Waals surface area contributed by atoms with Crippen molar-refractivity contribution < 1.29 is 4.74 Å². The Balaban J connectivity index is 2.41. The van der Waals surface area contributed by atoms with Gasteiger partial charge in [-0.15, -0.1) is 0 Å². The van der Waals surface area contributed by atoms with Crippen LogP contribution in [0.5, 0.6) is 0 Å². The van der Waals surface area contributed by atoms with E-state index in [1.54, 1.807) is 0 Å². The van der Waals surface area contributed by atoms with E-state index < -0.39 is 0 Å². The van der Waals surface area contributed by atoms with Crippen LogP contribution in [0.25, 0.3) is 0 Å². The number of ether oxygens (including phenoxy) is 1. The highest BCUT2D eigenvalue weighted by Crippen LogP contribution is 2.13. The molecular formula is C13H20BrNO. The first kappa shape index (κ1) is 13.7. The molecule has 1 N–H and O–H groups in total. The Morgan fingerprint density at radius 3 is 2.88 bits per heavy atom. The molecule has 1 aromatic carbocycles. The molecule has 0 aliphatic carbocycles. The van der Waals surface area contributed by atoms with Gasteiger partial charge in [0.15, 0.2) is 0 Å². The summed E-state index contributed by atoms with van der Waals surface area (Å²) in [6.07, 6.45) is 2.58. The summed E-state index contributed by atoms with van der Waals surface area (Å²) in [5.41, 5.74) is 1.21. The Kier molecular flexibility index (Phi) is 6.69. The summed E-state index contributed by atoms with van der Waals surface area (Å²) in [5, 5.41) is 3.17. The Morgan fingerprint density at radius 2 is 2.25 bits per heavy atom. The maximum Gasteiger partial charge on any atom is 0.0721 e. The van der Waals surface area contributed by atoms with Gasteiger partial charge in [0.05, 0.1) is 12.7 Å². The molecule has 0 saturated carbocycles. The van der Waals surface area contributed by atoms with E-state index in [1.165, 1.54) is 5.56 Å². The van der Waals surface area contributed by atoms with Crippen molar-refractivity contribution in [3.05, 3.63) is 34.3 Å². The molecule has 0 saturated heterocycles. The number of benzene rings is 1. The van der Waals surface area contributed by atoms with Crippen LogP contribution in [0.15, 0.2) is 28.7 Å². The van der Waals surface area contributed by atoms with Gasteiger partial charge in [-0.05, 0) is 31.2 Å². The standard InChI is InChI=1S/C13H20BrNO/c1-3-5-13(9-15-2)16-10-11-6-4-7-12(14)8-11/h4,6-8,13,15H,3,5,9-10H2,1-2H3. The van der Waals surface area contributed by atoms with Gasteiger partial charge in [0.2, 0.25) is 0 Å². The average Bonchev–Trinajstić information content (AvgIpc) is 2.27. The first-order valence-electron chi connectivity index (χ1n) is 5.77. The second-order valence-corrected chi connectivity index (χ2v) is 4.82. The number of likely N-dealkylation sites (N-methyl/N-ethyl adjacent to an activating group) is 1. The van der Waals surface area contributed by atoms with Crippen molar-refractivity contribution >= 4 is 15.9 Å². The highest BCUT2D eigenvalue weighted by atomic mass is 79.9. The normalized spacial score (nSPS) is 12.7. The molecule has 0 aliphatic rings. The van der Waals surface area contributed by atoms with E-state index in [9.17, 15) is 0 Å². The minimum atomic E-state index is 0.314. The van der Waals surface area contributed by atoms with Gasteiger partial charge in [-0.2, -0.15) is 0 Å². The quantitative estimate of drug-likeness (QED) is 0.830. The third kappa shape index (κ3) is 5.10. The smallest absolute Gasteiger partial charge is 0.0721 e. The van der Waals surface area contributed by atoms with Crippen LogP contribution in [0.3, 0.4) is 0 Å². The fourth-order valence-corrected chi connectivity index (χ4v) is 2.08. The van der Waals surface area contributed by atoms with E-state index in [1.807, 2.05) is 19.2 Å². The molecule has 1 aromatic rings. The number of hydrogen-bond donors (Lipinski definition) is 1. The Labute approximate surface area is 107 Å². The van der Waals surface area contributed by atoms with Crippen LogP contribution in [-0.2, 0) is 11.3 Å². The minimum Gasteiger partial charge on any atom is -0.372 e. The lowest BCUT2D eigenvalue weighted by Crippen LogP contribution is -2.26. The fraction of sp³-hybridized carbons (Fsp3) is 0.538. The zero-order valence-electron chi connectivity index (χ0n) is 10.0. The second kappa shape index (κ2) is 7.82. The molecule has 0 amide bonds. The summed E-state index contributed by atoms with van der Waals surface area (Å²) in [6.45, 7) is 3.79. The minimum absolute atomic E-state index is 0.314. The molecular weight excluding hydrogens is 266 g/mol. The zero-order valence-corrected chi connectivity index (χ0v) is 11.6. The molecule has 0 fully saturated rings. The summed E-state index contributed by atoms with van der Waals surface area (Å²) < 4.78 is 6.99. The van der Waals surface area contributed by atoms with Gasteiger partial charge < -0.3 is 10.1 Å². The van der Waals surface area contributed by atoms with Gasteiger partial charge in [0, 0.05) is 11.0 Å². The van der Waals surface area contributed by atoms with Crippen LogP contribution in [-0.4, -0.2) is 19.7 Å². The second-order valence-electron chi connectivity index (χ2n) is 3.91. The van der Waals surface area contributed by atoms with Crippen LogP contribution in [0.1, 0.15) is 25.3 Å². The van der Waals surface area contributed by atoms with Crippen molar-refractivity contribution in [3.8, 4) is 0 Å². The number of halogens is 1. The topological polar surface area (TPSA) is 21.3 Å². The Morgan fingerprint density at radius 1 is 1.44 bits per heavy atom. The maximum atomic E-state index is 5.88. The number of hydrogen-bond acceptors (Lipinski definition) is 2. The van der Waals surface area contributed by atoms with Crippen molar-refractivity contribution in [2.75, 3.05) is 13.6 Å². The molecule has 0 aliphatic heterocycles. The van der Waals surface area contributed by atoms with Gasteiger partial charge in [0.1, 0.15) is 0 Å². The molecule has 0 bridgehead atoms. The van der Waals surface area contributed by atoms with E-state index in [4.69, 9.17) is 4.74 Å². The van der Waals surface area contributed by atoms with Crippen molar-refractivity contribution in [1.82, 2.24) is 5.32 Å². The molecule has 16 heavy (non-hydrogen) atoms. The SMILES string of the molecule is CCCC(CNC)OCc1cccc(Br)c1. The molecule has 1 rings (SSSR count). The Hall–Kier alpha value is -0.380. The van der Waals surface area contributed by atoms with Gasteiger partial charge in [0.25, 0.3) is 0 Å². The van der Waals surface area contributed by atoms with Crippen molar-refractivity contribution in [3.63, 3.8) is 0 Å². The molecule has 3 heteroatoms. The van der Waals surface area contributed by atoms with Crippen LogP contribution < -0.4 is 5.32 Å². The van der Waals surface area contributed by atoms with Crippen LogP contribution in [0.2, 0.25) is 0 Å². The fourth-order valence-electron chi connectivity index (χ4n) is 1.63. The lowest BCUT2D eigenvalue weighted by Gasteiger charge is -2.16. The Bertz CT molecular complexity index is 298. The lowest BCUT2D eigenvalue weighted by atomic mass is 10.2. The highest BCUT2D eigenvalue weighted by molar-refractivity contribution is 9.10. The first-order chi connectivity index (χ1) is 7.76. The number of nitrogens with one attached hydrogen (secondary N) is 1. The van der Waals surface area contributed by atoms with Crippen molar-refractivity contribution in [2.45, 2.75) is 32.5 Å². The monoisotopic (exact) mass is 285 g/mol. The van der Waals surface area contributed by atoms with E-state index in [2.05, 4.69) is 40.3 Å². The summed E-state index contributed by atoms with van der Waals surface area (Å²) in [7, 11) is 1.96. The maximum absolute atomic E-state index is 5.88. The van der Waals surface area contributed by atoms with Crippen LogP contribution in [0.4, 0.5) is 0 Å². The molecule has 90 valence electrons. The lowest BCUT2D eigenvalue weighted by molar-refractivity contribution is 0.0360. The molecule has 0 aromatic heterocycles. The molecule has 0 spiro atoms. The largest absolute Gasteiger partial charge is 0.372 e. The van der Waals surface area contributed by atoms with E-state index in [0.717, 1.165) is 23.9 Å². The highest BCUT2D eigenvalue weighted by Gasteiger charge is 2.06. The molecule has 2 nitrogen and oxygen atoms in total. The first-order valence-corrected chi connectivity index (χ1v) is 6.56. The summed E-state index contributed by atoms with van der Waals surface area (Å²) in [5.74, 6) is 0. The average molecular weight is 286 g/mol. The molecule has 1 atom stereocenters. The molecule has 0 radical (unpaired) electrons. The molecule has 0 heterocycles. The van der Waals surface area contributed by atoms with Gasteiger partial charge in [-0.25, -0.2) is 0 Å². The van der Waals surface area contributed by atoms with E-state index in [0.29, 0.717) is 12.7 Å². The summed E-state index contributed by atoms with van der Waals surface area (Å²) >= 11 is 3.46. The third-order valence-corrected chi connectivity index (χ3v) is 2.91. The van der Waals surface area contributed by atoms with Crippen LogP contribution in [0, 0.1) is 0 Å². The zero-order chi connectivity index (χ0) is 11.8. The van der Waals surface area contributed by atoms with Crippen molar-refractivity contribution in [1.29, 1.82) is 0 Å². The van der Waals surface area contributed by atoms with Crippen molar-refractivity contribution in [2.24, 2.45) is 0 Å². The van der Waals surface area contributed by atoms with E-state index >= 15 is 0 Å².